The summed E-state index contributed by atoms with van der Waals surface area (Å²) in [5.74, 6) is 0.886. The molecular weight excluding hydrogens is 229 g/mol. The summed E-state index contributed by atoms with van der Waals surface area (Å²) in [6.45, 7) is 3.48. The maximum atomic E-state index is 12.8. The van der Waals surface area contributed by atoms with E-state index in [-0.39, 0.29) is 5.82 Å². The molecule has 0 bridgehead atoms. The van der Waals surface area contributed by atoms with Gasteiger partial charge in [0.05, 0.1) is 0 Å². The molecule has 1 aromatic rings. The molecule has 96 valence electrons. The second-order valence-corrected chi connectivity index (χ2v) is 5.01. The van der Waals surface area contributed by atoms with Crippen molar-refractivity contribution < 1.29 is 4.39 Å². The number of likely N-dealkylation sites (tertiary alicyclic amines) is 1. The Morgan fingerprint density at radius 2 is 1.89 bits per heavy atom. The highest BCUT2D eigenvalue weighted by molar-refractivity contribution is 5.99. The van der Waals surface area contributed by atoms with Crippen LogP contribution in [0.5, 0.6) is 0 Å². The van der Waals surface area contributed by atoms with Crippen LogP contribution in [0.2, 0.25) is 0 Å². The number of nitrogens with one attached hydrogen (secondary N) is 2. The lowest BCUT2D eigenvalue weighted by Crippen LogP contribution is -2.50. The topological polar surface area (TPSA) is 50.9 Å². The molecule has 1 saturated heterocycles. The maximum Gasteiger partial charge on any atom is 0.123 e. The zero-order chi connectivity index (χ0) is 13.1. The van der Waals surface area contributed by atoms with Crippen LogP contribution in [0.4, 0.5) is 4.39 Å². The monoisotopic (exact) mass is 247 g/mol. The molecule has 1 aliphatic rings. The second kappa shape index (κ2) is 5.29. The van der Waals surface area contributed by atoms with Gasteiger partial charge in [-0.15, -0.1) is 0 Å². The van der Waals surface area contributed by atoms with E-state index in [1.165, 1.54) is 12.1 Å². The van der Waals surface area contributed by atoms with Crippen molar-refractivity contribution in [3.8, 4) is 0 Å². The first-order chi connectivity index (χ1) is 8.54. The quantitative estimate of drug-likeness (QED) is 0.623. The van der Waals surface area contributed by atoms with Gasteiger partial charge in [0, 0.05) is 25.2 Å². The Labute approximate surface area is 107 Å². The Balaban J connectivity index is 1.78. The summed E-state index contributed by atoms with van der Waals surface area (Å²) >= 11 is 0. The molecule has 0 amide bonds. The summed E-state index contributed by atoms with van der Waals surface area (Å²) in [7, 11) is 0. The molecular formula is C14H18FN3. The highest BCUT2D eigenvalue weighted by Crippen LogP contribution is 2.21. The summed E-state index contributed by atoms with van der Waals surface area (Å²) in [5.41, 5.74) is 1.68. The Morgan fingerprint density at radius 1 is 1.28 bits per heavy atom. The molecule has 1 fully saturated rings. The van der Waals surface area contributed by atoms with Crippen LogP contribution >= 0.6 is 0 Å². The summed E-state index contributed by atoms with van der Waals surface area (Å²) in [5, 5.41) is 15.2. The zero-order valence-corrected chi connectivity index (χ0v) is 10.5. The number of hydrogen-bond acceptors (Lipinski definition) is 2. The van der Waals surface area contributed by atoms with Crippen molar-refractivity contribution in [1.82, 2.24) is 4.90 Å². The van der Waals surface area contributed by atoms with E-state index in [2.05, 4.69) is 0 Å². The average Bonchev–Trinajstić information content (AvgIpc) is 2.24. The molecule has 0 aromatic heterocycles. The molecule has 0 atom stereocenters. The average molecular weight is 247 g/mol. The molecule has 2 rings (SSSR count). The molecule has 1 aliphatic heterocycles. The molecule has 3 nitrogen and oxygen atoms in total. The summed E-state index contributed by atoms with van der Waals surface area (Å²) in [6, 6.07) is 6.63. The number of hydrogen-bond donors (Lipinski definition) is 2. The third kappa shape index (κ3) is 3.15. The van der Waals surface area contributed by atoms with Crippen molar-refractivity contribution in [2.45, 2.75) is 19.8 Å². The van der Waals surface area contributed by atoms with Gasteiger partial charge < -0.3 is 10.3 Å². The Bertz CT molecular complexity index is 447. The van der Waals surface area contributed by atoms with Gasteiger partial charge >= 0.3 is 0 Å². The van der Waals surface area contributed by atoms with E-state index in [0.717, 1.165) is 25.1 Å². The van der Waals surface area contributed by atoms with Gasteiger partial charge in [-0.05, 0) is 37.0 Å². The number of nitrogens with zero attached hydrogens (tertiary/aromatic N) is 1. The second-order valence-electron chi connectivity index (χ2n) is 5.01. The summed E-state index contributed by atoms with van der Waals surface area (Å²) in [4.78, 5) is 2.01. The largest absolute Gasteiger partial charge is 0.360 e. The van der Waals surface area contributed by atoms with Crippen molar-refractivity contribution >= 4 is 11.5 Å². The lowest BCUT2D eigenvalue weighted by Gasteiger charge is -2.41. The van der Waals surface area contributed by atoms with Crippen LogP contribution in [0.15, 0.2) is 24.3 Å². The van der Waals surface area contributed by atoms with Gasteiger partial charge in [0.1, 0.15) is 11.7 Å². The molecule has 2 N–H and O–H groups in total. The first-order valence-corrected chi connectivity index (χ1v) is 6.15. The standard InChI is InChI=1S/C14H18FN3/c1-10(16)6-14(17)18-8-12(9-18)7-11-2-4-13(15)5-3-11/h2-5,12,16-17H,6-9H2,1H3. The Kier molecular flexibility index (Phi) is 3.75. The van der Waals surface area contributed by atoms with E-state index in [1.807, 2.05) is 17.0 Å². The first-order valence-electron chi connectivity index (χ1n) is 6.15. The van der Waals surface area contributed by atoms with Crippen molar-refractivity contribution in [3.63, 3.8) is 0 Å². The van der Waals surface area contributed by atoms with Crippen LogP contribution in [0.1, 0.15) is 18.9 Å². The van der Waals surface area contributed by atoms with Gasteiger partial charge in [0.15, 0.2) is 0 Å². The van der Waals surface area contributed by atoms with Gasteiger partial charge in [-0.25, -0.2) is 4.39 Å². The number of rotatable bonds is 4. The highest BCUT2D eigenvalue weighted by Gasteiger charge is 2.28. The van der Waals surface area contributed by atoms with E-state index in [1.54, 1.807) is 6.92 Å². The molecule has 1 aromatic carbocycles. The molecule has 4 heteroatoms. The van der Waals surface area contributed by atoms with Gasteiger partial charge in [0.25, 0.3) is 0 Å². The van der Waals surface area contributed by atoms with Crippen LogP contribution in [0.3, 0.4) is 0 Å². The zero-order valence-electron chi connectivity index (χ0n) is 10.5. The Morgan fingerprint density at radius 3 is 2.44 bits per heavy atom. The molecule has 1 heterocycles. The van der Waals surface area contributed by atoms with Gasteiger partial charge in [0.2, 0.25) is 0 Å². The first kappa shape index (κ1) is 12.7. The predicted molar refractivity (Wildman–Crippen MR) is 70.9 cm³/mol. The molecule has 18 heavy (non-hydrogen) atoms. The van der Waals surface area contributed by atoms with Crippen molar-refractivity contribution in [1.29, 1.82) is 10.8 Å². The molecule has 0 radical (unpaired) electrons. The van der Waals surface area contributed by atoms with E-state index in [0.29, 0.717) is 23.9 Å². The van der Waals surface area contributed by atoms with E-state index in [4.69, 9.17) is 10.8 Å². The van der Waals surface area contributed by atoms with Crippen molar-refractivity contribution in [2.75, 3.05) is 13.1 Å². The van der Waals surface area contributed by atoms with Gasteiger partial charge in [-0.3, -0.25) is 5.41 Å². The predicted octanol–water partition coefficient (Wildman–Crippen LogP) is 2.71. The third-order valence-corrected chi connectivity index (χ3v) is 3.21. The Hall–Kier alpha value is -1.71. The molecule has 0 spiro atoms. The maximum absolute atomic E-state index is 12.8. The number of amidine groups is 1. The van der Waals surface area contributed by atoms with Crippen molar-refractivity contribution in [2.24, 2.45) is 5.92 Å². The summed E-state index contributed by atoms with van der Waals surface area (Å²) in [6.07, 6.45) is 1.39. The van der Waals surface area contributed by atoms with Gasteiger partial charge in [-0.1, -0.05) is 12.1 Å². The fraction of sp³-hybridized carbons (Fsp3) is 0.429. The minimum absolute atomic E-state index is 0.197. The minimum Gasteiger partial charge on any atom is -0.360 e. The van der Waals surface area contributed by atoms with E-state index < -0.39 is 0 Å². The smallest absolute Gasteiger partial charge is 0.123 e. The minimum atomic E-state index is -0.197. The van der Waals surface area contributed by atoms with Crippen LogP contribution in [0.25, 0.3) is 0 Å². The molecule has 0 aliphatic carbocycles. The SMILES string of the molecule is CC(=N)CC(=N)N1CC(Cc2ccc(F)cc2)C1. The molecule has 0 saturated carbocycles. The van der Waals surface area contributed by atoms with Crippen LogP contribution < -0.4 is 0 Å². The van der Waals surface area contributed by atoms with E-state index in [9.17, 15) is 4.39 Å². The number of halogens is 1. The lowest BCUT2D eigenvalue weighted by atomic mass is 9.91. The van der Waals surface area contributed by atoms with Crippen LogP contribution in [0, 0.1) is 22.6 Å². The normalized spacial score (nSPS) is 15.3. The van der Waals surface area contributed by atoms with Crippen molar-refractivity contribution in [3.05, 3.63) is 35.6 Å². The fourth-order valence-corrected chi connectivity index (χ4v) is 2.24. The summed E-state index contributed by atoms with van der Waals surface area (Å²) < 4.78 is 12.8. The highest BCUT2D eigenvalue weighted by atomic mass is 19.1. The third-order valence-electron chi connectivity index (χ3n) is 3.21. The lowest BCUT2D eigenvalue weighted by molar-refractivity contribution is 0.184. The fourth-order valence-electron chi connectivity index (χ4n) is 2.24. The van der Waals surface area contributed by atoms with Crippen LogP contribution in [-0.4, -0.2) is 29.5 Å². The van der Waals surface area contributed by atoms with Crippen LogP contribution in [-0.2, 0) is 6.42 Å². The van der Waals surface area contributed by atoms with Gasteiger partial charge in [-0.2, -0.15) is 0 Å². The number of benzene rings is 1. The van der Waals surface area contributed by atoms with E-state index >= 15 is 0 Å². The molecule has 0 unspecified atom stereocenters.